The molecule has 33 heavy (non-hydrogen) atoms. The largest absolute Gasteiger partial charge is 0.489 e. The quantitative estimate of drug-likeness (QED) is 0.356. The molecule has 1 unspecified atom stereocenters. The molecule has 0 saturated carbocycles. The number of carbonyl (C=O) groups excluding carboxylic acids is 1. The van der Waals surface area contributed by atoms with Crippen LogP contribution >= 0.6 is 0 Å². The van der Waals surface area contributed by atoms with Gasteiger partial charge in [0.15, 0.2) is 5.78 Å². The maximum Gasteiger partial charge on any atom is 0.196 e. The normalized spacial score (nSPS) is 12.5. The van der Waals surface area contributed by atoms with Crippen molar-refractivity contribution in [2.75, 3.05) is 13.2 Å². The van der Waals surface area contributed by atoms with E-state index >= 15 is 0 Å². The first-order valence-electron chi connectivity index (χ1n) is 10.9. The van der Waals surface area contributed by atoms with E-state index in [1.54, 1.807) is 30.3 Å². The molecular weight excluding hydrogens is 412 g/mol. The molecular formula is C29H26O4. The van der Waals surface area contributed by atoms with Crippen LogP contribution in [0.3, 0.4) is 0 Å². The zero-order valence-corrected chi connectivity index (χ0v) is 18.4. The van der Waals surface area contributed by atoms with Gasteiger partial charge in [0.1, 0.15) is 18.5 Å². The fourth-order valence-corrected chi connectivity index (χ4v) is 3.85. The number of Topliss-reactive ketones (excluding diaryl/α,β-unsaturated/α-hetero) is 1. The molecule has 0 heterocycles. The van der Waals surface area contributed by atoms with Crippen LogP contribution in [0.4, 0.5) is 0 Å². The zero-order valence-electron chi connectivity index (χ0n) is 18.4. The average Bonchev–Trinajstić information content (AvgIpc) is 2.86. The van der Waals surface area contributed by atoms with Crippen LogP contribution in [-0.4, -0.2) is 29.2 Å². The van der Waals surface area contributed by atoms with Gasteiger partial charge < -0.3 is 14.9 Å². The Hall–Kier alpha value is -3.73. The average molecular weight is 439 g/mol. The van der Waals surface area contributed by atoms with Crippen molar-refractivity contribution >= 4 is 22.6 Å². The number of ketones is 1. The summed E-state index contributed by atoms with van der Waals surface area (Å²) in [6.07, 6.45) is 0.661. The number of benzene rings is 4. The van der Waals surface area contributed by atoms with Crippen molar-refractivity contribution in [1.29, 1.82) is 0 Å². The lowest BCUT2D eigenvalue weighted by Gasteiger charge is -2.13. The molecule has 0 bridgehead atoms. The van der Waals surface area contributed by atoms with Gasteiger partial charge in [-0.25, -0.2) is 0 Å². The van der Waals surface area contributed by atoms with Crippen molar-refractivity contribution in [1.82, 2.24) is 0 Å². The summed E-state index contributed by atoms with van der Waals surface area (Å²) in [6.45, 7) is 1.95. The van der Waals surface area contributed by atoms with Crippen LogP contribution in [0, 0.1) is 6.92 Å². The van der Waals surface area contributed by atoms with E-state index in [1.807, 2.05) is 73.7 Å². The molecule has 4 nitrogen and oxygen atoms in total. The number of carbonyl (C=O) groups is 1. The van der Waals surface area contributed by atoms with Crippen LogP contribution in [0.5, 0.6) is 5.75 Å². The van der Waals surface area contributed by atoms with E-state index in [1.165, 1.54) is 0 Å². The number of ether oxygens (including phenoxy) is 1. The highest BCUT2D eigenvalue weighted by molar-refractivity contribution is 6.01. The van der Waals surface area contributed by atoms with Crippen LogP contribution in [0.2, 0.25) is 0 Å². The molecule has 2 N–H and O–H groups in total. The molecule has 0 aromatic heterocycles. The molecule has 4 aromatic carbocycles. The van der Waals surface area contributed by atoms with Crippen molar-refractivity contribution in [2.45, 2.75) is 13.0 Å². The van der Waals surface area contributed by atoms with E-state index in [4.69, 9.17) is 4.74 Å². The standard InChI is InChI=1S/C29H26O4/c1-20-16-21(14-15-25(20)29(32)28(31)24-9-3-2-4-10-24)17-22(18-30)19-33-27-13-7-11-23-8-5-6-12-26(23)27/h2-17,28,30-31H,18-19H2,1H3. The van der Waals surface area contributed by atoms with Crippen LogP contribution < -0.4 is 4.74 Å². The lowest BCUT2D eigenvalue weighted by molar-refractivity contribution is 0.0747. The van der Waals surface area contributed by atoms with Gasteiger partial charge >= 0.3 is 0 Å². The molecule has 0 fully saturated rings. The van der Waals surface area contributed by atoms with Gasteiger partial charge in [-0.2, -0.15) is 0 Å². The van der Waals surface area contributed by atoms with E-state index < -0.39 is 6.10 Å². The highest BCUT2D eigenvalue weighted by Crippen LogP contribution is 2.26. The van der Waals surface area contributed by atoms with E-state index in [9.17, 15) is 15.0 Å². The SMILES string of the molecule is Cc1cc(C=C(CO)COc2cccc3ccccc23)ccc1C(=O)C(O)c1ccccc1. The molecule has 4 aromatic rings. The van der Waals surface area contributed by atoms with Gasteiger partial charge in [-0.3, -0.25) is 4.79 Å². The molecule has 0 spiro atoms. The second-order valence-corrected chi connectivity index (χ2v) is 7.98. The van der Waals surface area contributed by atoms with Gasteiger partial charge in [0.25, 0.3) is 0 Å². The molecule has 4 heteroatoms. The third-order valence-corrected chi connectivity index (χ3v) is 5.62. The third kappa shape index (κ3) is 5.20. The number of aliphatic hydroxyl groups is 2. The van der Waals surface area contributed by atoms with Gasteiger partial charge in [-0.1, -0.05) is 91.0 Å². The molecule has 0 aliphatic rings. The third-order valence-electron chi connectivity index (χ3n) is 5.62. The summed E-state index contributed by atoms with van der Waals surface area (Å²) in [5, 5.41) is 22.4. The molecule has 1 atom stereocenters. The minimum atomic E-state index is -1.20. The van der Waals surface area contributed by atoms with Crippen molar-refractivity contribution in [3.05, 3.63) is 119 Å². The fraction of sp³-hybridized carbons (Fsp3) is 0.138. The highest BCUT2D eigenvalue weighted by atomic mass is 16.5. The molecule has 0 amide bonds. The second-order valence-electron chi connectivity index (χ2n) is 7.98. The van der Waals surface area contributed by atoms with Crippen LogP contribution in [0.15, 0.2) is 96.6 Å². The Morgan fingerprint density at radius 2 is 1.67 bits per heavy atom. The first-order chi connectivity index (χ1) is 16.1. The Bertz CT molecular complexity index is 1290. The van der Waals surface area contributed by atoms with E-state index in [0.29, 0.717) is 16.7 Å². The maximum absolute atomic E-state index is 12.8. The summed E-state index contributed by atoms with van der Waals surface area (Å²) in [5.41, 5.74) is 3.37. The zero-order chi connectivity index (χ0) is 23.2. The van der Waals surface area contributed by atoms with Crippen LogP contribution in [-0.2, 0) is 0 Å². The summed E-state index contributed by atoms with van der Waals surface area (Å²) >= 11 is 0. The van der Waals surface area contributed by atoms with Crippen molar-refractivity contribution in [2.24, 2.45) is 0 Å². The monoisotopic (exact) mass is 438 g/mol. The van der Waals surface area contributed by atoms with E-state index in [-0.39, 0.29) is 19.0 Å². The van der Waals surface area contributed by atoms with Gasteiger partial charge in [-0.15, -0.1) is 0 Å². The smallest absolute Gasteiger partial charge is 0.196 e. The predicted molar refractivity (Wildman–Crippen MR) is 131 cm³/mol. The second kappa shape index (κ2) is 10.3. The highest BCUT2D eigenvalue weighted by Gasteiger charge is 2.20. The first kappa shape index (κ1) is 22.5. The Balaban J connectivity index is 1.50. The Kier molecular flexibility index (Phi) is 6.98. The summed E-state index contributed by atoms with van der Waals surface area (Å²) in [7, 11) is 0. The van der Waals surface area contributed by atoms with Crippen LogP contribution in [0.1, 0.15) is 33.2 Å². The first-order valence-corrected chi connectivity index (χ1v) is 10.9. The number of hydrogen-bond acceptors (Lipinski definition) is 4. The minimum Gasteiger partial charge on any atom is -0.489 e. The van der Waals surface area contributed by atoms with Gasteiger partial charge in [0.05, 0.1) is 6.61 Å². The fourth-order valence-electron chi connectivity index (χ4n) is 3.85. The molecule has 0 aliphatic heterocycles. The summed E-state index contributed by atoms with van der Waals surface area (Å²) in [4.78, 5) is 12.8. The van der Waals surface area contributed by atoms with Gasteiger partial charge in [-0.05, 0) is 40.6 Å². The summed E-state index contributed by atoms with van der Waals surface area (Å²) < 4.78 is 6.00. The number of rotatable bonds is 8. The Morgan fingerprint density at radius 1 is 0.939 bits per heavy atom. The van der Waals surface area contributed by atoms with Gasteiger partial charge in [0, 0.05) is 10.9 Å². The predicted octanol–water partition coefficient (Wildman–Crippen LogP) is 5.52. The minimum absolute atomic E-state index is 0.142. The topological polar surface area (TPSA) is 66.8 Å². The Morgan fingerprint density at radius 3 is 2.42 bits per heavy atom. The van der Waals surface area contributed by atoms with Crippen molar-refractivity contribution < 1.29 is 19.7 Å². The molecule has 0 aliphatic carbocycles. The molecule has 4 rings (SSSR count). The van der Waals surface area contributed by atoms with E-state index in [2.05, 4.69) is 0 Å². The molecule has 0 radical (unpaired) electrons. The Labute approximate surface area is 193 Å². The number of aryl methyl sites for hydroxylation is 1. The summed E-state index contributed by atoms with van der Waals surface area (Å²) in [5.74, 6) is 0.426. The lowest BCUT2D eigenvalue weighted by Crippen LogP contribution is -2.13. The van der Waals surface area contributed by atoms with Crippen molar-refractivity contribution in [3.63, 3.8) is 0 Å². The van der Waals surface area contributed by atoms with Crippen LogP contribution in [0.25, 0.3) is 16.8 Å². The van der Waals surface area contributed by atoms with Gasteiger partial charge in [0.2, 0.25) is 0 Å². The summed E-state index contributed by atoms with van der Waals surface area (Å²) in [6, 6.07) is 28.2. The van der Waals surface area contributed by atoms with Crippen molar-refractivity contribution in [3.8, 4) is 5.75 Å². The molecule has 166 valence electrons. The number of hydrogen-bond donors (Lipinski definition) is 2. The van der Waals surface area contributed by atoms with E-state index in [0.717, 1.165) is 27.6 Å². The maximum atomic E-state index is 12.8. The number of aliphatic hydroxyl groups excluding tert-OH is 2. The number of fused-ring (bicyclic) bond motifs is 1. The molecule has 0 saturated heterocycles. The lowest BCUT2D eigenvalue weighted by atomic mass is 9.95.